The molecule has 6 heterocycles. The number of pyridine rings is 1. The third-order valence-corrected chi connectivity index (χ3v) is 8.06. The molecule has 0 amide bonds. The van der Waals surface area contributed by atoms with E-state index in [0.29, 0.717) is 41.3 Å². The number of hydrogen-bond acceptors (Lipinski definition) is 6. The number of aliphatic hydroxyl groups excluding tert-OH is 1. The molecule has 3 aromatic rings. The van der Waals surface area contributed by atoms with Crippen LogP contribution in [0.3, 0.4) is 0 Å². The van der Waals surface area contributed by atoms with E-state index in [0.717, 1.165) is 12.0 Å². The number of aromatic nitrogens is 2. The molecular formula is C29H34FN3O4. The van der Waals surface area contributed by atoms with E-state index in [-0.39, 0.29) is 30.7 Å². The highest BCUT2D eigenvalue weighted by molar-refractivity contribution is 5.81. The minimum Gasteiger partial charge on any atom is -0.470 e. The standard InChI is InChI=1S/C27H28FN3O4.C2H6/c1-31-17-6-7-18(31)9-16(8-17)14-2-4-15(5-3-14)25-19(28)10-20-21(30-25)11-24(29-20)35-23-13-34-26-22(32)12-33-27(23)26;1-2/h2-5,8,10-11,17-18,22-23,26-27,29,32H,6-7,9,12-13H2,1H3;1-2H3/t17?,18?,22-,23-,26?,27-;/m1./s1. The minimum absolute atomic E-state index is 0.242. The van der Waals surface area contributed by atoms with Gasteiger partial charge in [-0.15, -0.1) is 0 Å². The Bertz CT molecular complexity index is 1310. The zero-order chi connectivity index (χ0) is 25.7. The number of nitrogens with one attached hydrogen (secondary N) is 1. The highest BCUT2D eigenvalue weighted by Gasteiger charge is 2.48. The van der Waals surface area contributed by atoms with Gasteiger partial charge in [-0.1, -0.05) is 44.2 Å². The van der Waals surface area contributed by atoms with Gasteiger partial charge in [0, 0.05) is 29.8 Å². The van der Waals surface area contributed by atoms with Crippen LogP contribution < -0.4 is 4.74 Å². The van der Waals surface area contributed by atoms with E-state index in [1.807, 2.05) is 26.0 Å². The van der Waals surface area contributed by atoms with Crippen LogP contribution >= 0.6 is 0 Å². The van der Waals surface area contributed by atoms with Crippen molar-refractivity contribution in [2.75, 3.05) is 20.3 Å². The van der Waals surface area contributed by atoms with Crippen molar-refractivity contribution < 1.29 is 23.7 Å². The van der Waals surface area contributed by atoms with E-state index in [9.17, 15) is 5.11 Å². The first-order chi connectivity index (χ1) is 18.0. The average molecular weight is 508 g/mol. The van der Waals surface area contributed by atoms with E-state index >= 15 is 4.39 Å². The van der Waals surface area contributed by atoms with Crippen LogP contribution in [0.15, 0.2) is 42.5 Å². The number of rotatable bonds is 4. The van der Waals surface area contributed by atoms with Crippen LogP contribution in [0.2, 0.25) is 0 Å². The molecular weight excluding hydrogens is 473 g/mol. The number of aliphatic hydroxyl groups is 1. The van der Waals surface area contributed by atoms with Crippen molar-refractivity contribution in [2.45, 2.75) is 69.6 Å². The van der Waals surface area contributed by atoms with Crippen molar-refractivity contribution in [1.82, 2.24) is 14.9 Å². The number of aromatic amines is 1. The van der Waals surface area contributed by atoms with E-state index in [2.05, 4.69) is 40.1 Å². The quantitative estimate of drug-likeness (QED) is 0.539. The van der Waals surface area contributed by atoms with Gasteiger partial charge in [0.15, 0.2) is 17.8 Å². The van der Waals surface area contributed by atoms with Crippen molar-refractivity contribution in [2.24, 2.45) is 0 Å². The Morgan fingerprint density at radius 3 is 2.59 bits per heavy atom. The molecule has 7 nitrogen and oxygen atoms in total. The second-order valence-electron chi connectivity index (χ2n) is 10.1. The summed E-state index contributed by atoms with van der Waals surface area (Å²) >= 11 is 0. The summed E-state index contributed by atoms with van der Waals surface area (Å²) in [5.74, 6) is 0.0872. The van der Waals surface area contributed by atoms with Crippen molar-refractivity contribution >= 4 is 16.6 Å². The molecule has 0 radical (unpaired) electrons. The summed E-state index contributed by atoms with van der Waals surface area (Å²) in [6, 6.07) is 12.4. The number of H-pyrrole nitrogens is 1. The van der Waals surface area contributed by atoms with Crippen molar-refractivity contribution in [3.05, 3.63) is 53.9 Å². The lowest BCUT2D eigenvalue weighted by molar-refractivity contribution is 0.00794. The topological polar surface area (TPSA) is 79.8 Å². The van der Waals surface area contributed by atoms with Crippen molar-refractivity contribution in [3.63, 3.8) is 0 Å². The monoisotopic (exact) mass is 507 g/mol. The van der Waals surface area contributed by atoms with E-state index in [1.165, 1.54) is 30.0 Å². The lowest BCUT2D eigenvalue weighted by Gasteiger charge is -2.30. The van der Waals surface area contributed by atoms with Gasteiger partial charge in [0.2, 0.25) is 0 Å². The summed E-state index contributed by atoms with van der Waals surface area (Å²) in [5, 5.41) is 9.92. The van der Waals surface area contributed by atoms with Crippen molar-refractivity contribution in [1.29, 1.82) is 0 Å². The maximum absolute atomic E-state index is 15.0. The molecule has 3 fully saturated rings. The molecule has 8 heteroatoms. The van der Waals surface area contributed by atoms with Gasteiger partial charge in [-0.3, -0.25) is 4.90 Å². The highest BCUT2D eigenvalue weighted by Crippen LogP contribution is 2.38. The van der Waals surface area contributed by atoms with Crippen LogP contribution in [0.25, 0.3) is 27.9 Å². The molecule has 37 heavy (non-hydrogen) atoms. The van der Waals surface area contributed by atoms with Gasteiger partial charge in [-0.2, -0.15) is 0 Å². The van der Waals surface area contributed by atoms with Crippen LogP contribution in [0.4, 0.5) is 4.39 Å². The minimum atomic E-state index is -0.632. The Labute approximate surface area is 216 Å². The van der Waals surface area contributed by atoms with Gasteiger partial charge in [-0.25, -0.2) is 9.37 Å². The molecule has 2 bridgehead atoms. The molecule has 4 aliphatic heterocycles. The Morgan fingerprint density at radius 2 is 1.81 bits per heavy atom. The first-order valence-electron chi connectivity index (χ1n) is 13.3. The van der Waals surface area contributed by atoms with E-state index < -0.39 is 6.10 Å². The van der Waals surface area contributed by atoms with Gasteiger partial charge in [0.1, 0.15) is 24.0 Å². The molecule has 2 aromatic heterocycles. The maximum Gasteiger partial charge on any atom is 0.193 e. The maximum atomic E-state index is 15.0. The zero-order valence-corrected chi connectivity index (χ0v) is 21.5. The van der Waals surface area contributed by atoms with Gasteiger partial charge < -0.3 is 24.3 Å². The number of ether oxygens (including phenoxy) is 3. The molecule has 2 N–H and O–H groups in total. The molecule has 4 aliphatic rings. The second kappa shape index (κ2) is 9.83. The molecule has 7 rings (SSSR count). The normalized spacial score (nSPS) is 30.7. The average Bonchev–Trinajstić information content (AvgIpc) is 3.64. The van der Waals surface area contributed by atoms with Crippen molar-refractivity contribution in [3.8, 4) is 17.1 Å². The Balaban J connectivity index is 0.00000123. The fraction of sp³-hybridized carbons (Fsp3) is 0.483. The number of halogens is 1. The highest BCUT2D eigenvalue weighted by atomic mass is 19.1. The molecule has 6 atom stereocenters. The number of benzene rings is 1. The Morgan fingerprint density at radius 1 is 1.05 bits per heavy atom. The van der Waals surface area contributed by atoms with Crippen LogP contribution in [-0.2, 0) is 9.47 Å². The van der Waals surface area contributed by atoms with Gasteiger partial charge in [0.25, 0.3) is 0 Å². The zero-order valence-electron chi connectivity index (χ0n) is 21.5. The van der Waals surface area contributed by atoms with Crippen LogP contribution in [0.1, 0.15) is 38.7 Å². The SMILES string of the molecule is CC.CN1C2C=C(c3ccc(-c4nc5cc(O[C@@H]6COC7[C@H](O)CO[C@@H]76)[nH]c5cc4F)cc3)CC1CC2. The van der Waals surface area contributed by atoms with Crippen LogP contribution in [0.5, 0.6) is 5.88 Å². The molecule has 196 valence electrons. The predicted molar refractivity (Wildman–Crippen MR) is 140 cm³/mol. The molecule has 0 aliphatic carbocycles. The first-order valence-corrected chi connectivity index (χ1v) is 13.3. The number of hydrogen-bond donors (Lipinski definition) is 2. The van der Waals surface area contributed by atoms with Gasteiger partial charge in [0.05, 0.1) is 24.2 Å². The summed E-state index contributed by atoms with van der Waals surface area (Å²) in [6.07, 6.45) is 4.28. The first kappa shape index (κ1) is 24.6. The molecule has 3 saturated heterocycles. The molecule has 0 saturated carbocycles. The molecule has 1 aromatic carbocycles. The number of likely N-dealkylation sites (N-methyl/N-ethyl adjacent to an activating group) is 1. The summed E-state index contributed by atoms with van der Waals surface area (Å²) in [4.78, 5) is 10.2. The lowest BCUT2D eigenvalue weighted by Crippen LogP contribution is -2.34. The number of fused-ring (bicyclic) bond motifs is 4. The third-order valence-electron chi connectivity index (χ3n) is 8.06. The predicted octanol–water partition coefficient (Wildman–Crippen LogP) is 4.55. The smallest absolute Gasteiger partial charge is 0.193 e. The summed E-state index contributed by atoms with van der Waals surface area (Å²) in [5.41, 5.74) is 4.84. The summed E-state index contributed by atoms with van der Waals surface area (Å²) in [7, 11) is 2.21. The lowest BCUT2D eigenvalue weighted by atomic mass is 9.94. The summed E-state index contributed by atoms with van der Waals surface area (Å²) < 4.78 is 32.3. The Hall–Kier alpha value is -2.78. The fourth-order valence-electron chi connectivity index (χ4n) is 6.08. The van der Waals surface area contributed by atoms with Gasteiger partial charge in [-0.05, 0) is 37.4 Å². The fourth-order valence-corrected chi connectivity index (χ4v) is 6.08. The Kier molecular flexibility index (Phi) is 6.52. The van der Waals surface area contributed by atoms with Crippen LogP contribution in [-0.4, -0.2) is 76.7 Å². The van der Waals surface area contributed by atoms with Gasteiger partial charge >= 0.3 is 0 Å². The van der Waals surface area contributed by atoms with E-state index in [4.69, 9.17) is 14.2 Å². The molecule has 3 unspecified atom stereocenters. The number of nitrogens with zero attached hydrogens (tertiary/aromatic N) is 2. The van der Waals surface area contributed by atoms with E-state index in [1.54, 1.807) is 6.07 Å². The van der Waals surface area contributed by atoms with Crippen LogP contribution in [0, 0.1) is 5.82 Å². The largest absolute Gasteiger partial charge is 0.470 e. The molecule has 0 spiro atoms. The third kappa shape index (κ3) is 4.36. The summed E-state index contributed by atoms with van der Waals surface area (Å²) in [6.45, 7) is 4.57. The second-order valence-corrected chi connectivity index (χ2v) is 10.1.